The van der Waals surface area contributed by atoms with E-state index in [9.17, 15) is 4.79 Å². The van der Waals surface area contributed by atoms with Gasteiger partial charge in [0.15, 0.2) is 0 Å². The van der Waals surface area contributed by atoms with Crippen molar-refractivity contribution in [2.75, 3.05) is 13.7 Å². The molecule has 3 aromatic rings. The number of rotatable bonds is 12. The molecule has 1 N–H and O–H groups in total. The van der Waals surface area contributed by atoms with E-state index in [2.05, 4.69) is 64.8 Å². The maximum atomic E-state index is 13.4. The summed E-state index contributed by atoms with van der Waals surface area (Å²) in [5.41, 5.74) is 3.58. The van der Waals surface area contributed by atoms with E-state index >= 15 is 0 Å². The van der Waals surface area contributed by atoms with E-state index in [-0.39, 0.29) is 5.91 Å². The van der Waals surface area contributed by atoms with Gasteiger partial charge in [0.25, 0.3) is 5.91 Å². The number of H-pyrrole nitrogens is 1. The fourth-order valence-corrected chi connectivity index (χ4v) is 5.59. The van der Waals surface area contributed by atoms with Crippen molar-refractivity contribution >= 4 is 11.7 Å². The summed E-state index contributed by atoms with van der Waals surface area (Å²) in [5, 5.41) is 14.5. The van der Waals surface area contributed by atoms with Crippen LogP contribution in [0.2, 0.25) is 0 Å². The third-order valence-corrected chi connectivity index (χ3v) is 7.80. The number of carbonyl (C=O) groups is 1. The summed E-state index contributed by atoms with van der Waals surface area (Å²) >= 11 is 0. The first-order chi connectivity index (χ1) is 19.6. The molecule has 8 nitrogen and oxygen atoms in total. The van der Waals surface area contributed by atoms with E-state index in [0.717, 1.165) is 66.6 Å². The highest BCUT2D eigenvalue weighted by Gasteiger charge is 2.49. The number of ether oxygens (including phenoxy) is 1. The summed E-state index contributed by atoms with van der Waals surface area (Å²) in [5.74, 6) is 1.64. The Kier molecular flexibility index (Phi) is 11.0. The summed E-state index contributed by atoms with van der Waals surface area (Å²) in [6.07, 6.45) is 12.5. The molecule has 1 fully saturated rings. The van der Waals surface area contributed by atoms with Crippen LogP contribution in [0.25, 0.3) is 22.5 Å². The van der Waals surface area contributed by atoms with Crippen molar-refractivity contribution in [3.8, 4) is 22.5 Å². The number of hydrogen-bond acceptors (Lipinski definition) is 6. The largest absolute Gasteiger partial charge is 0.385 e. The zero-order valence-corrected chi connectivity index (χ0v) is 24.4. The average Bonchev–Trinajstić information content (AvgIpc) is 3.74. The Hall–Kier alpha value is -3.39. The maximum Gasteiger partial charge on any atom is 0.256 e. The molecule has 1 saturated carbocycles. The number of hydrogen-bond donors (Lipinski definition) is 1. The van der Waals surface area contributed by atoms with Crippen LogP contribution in [0, 0.1) is 0 Å². The summed E-state index contributed by atoms with van der Waals surface area (Å²) in [7, 11) is 1.70. The van der Waals surface area contributed by atoms with Crippen LogP contribution in [0.3, 0.4) is 0 Å². The fraction of sp³-hybridized carbons (Fsp3) is 0.531. The Morgan fingerprint density at radius 2 is 1.62 bits per heavy atom. The fourth-order valence-electron chi connectivity index (χ4n) is 5.59. The topological polar surface area (TPSA) is 96.4 Å². The molecular weight excluding hydrogens is 500 g/mol. The van der Waals surface area contributed by atoms with Gasteiger partial charge in [0.2, 0.25) is 5.82 Å². The molecule has 1 aliphatic carbocycles. The van der Waals surface area contributed by atoms with Gasteiger partial charge in [-0.15, -0.1) is 10.2 Å². The molecule has 2 heterocycles. The number of aromatic amines is 1. The van der Waals surface area contributed by atoms with Crippen LogP contribution >= 0.6 is 0 Å². The van der Waals surface area contributed by atoms with E-state index in [0.29, 0.717) is 19.0 Å². The van der Waals surface area contributed by atoms with Gasteiger partial charge in [0, 0.05) is 25.7 Å². The van der Waals surface area contributed by atoms with Crippen LogP contribution in [0.4, 0.5) is 0 Å². The lowest BCUT2D eigenvalue weighted by molar-refractivity contribution is -0.131. The number of benzene rings is 2. The summed E-state index contributed by atoms with van der Waals surface area (Å²) in [6, 6.07) is 16.3. The molecule has 1 spiro atoms. The predicted octanol–water partition coefficient (Wildman–Crippen LogP) is 6.99. The minimum atomic E-state index is -0.522. The van der Waals surface area contributed by atoms with Gasteiger partial charge in [-0.25, -0.2) is 0 Å². The number of aromatic nitrogens is 4. The molecule has 0 unspecified atom stereocenters. The molecule has 0 bridgehead atoms. The van der Waals surface area contributed by atoms with Crippen molar-refractivity contribution in [2.45, 2.75) is 96.6 Å². The van der Waals surface area contributed by atoms with Gasteiger partial charge < -0.3 is 4.74 Å². The Bertz CT molecular complexity index is 1210. The van der Waals surface area contributed by atoms with Gasteiger partial charge in [-0.3, -0.25) is 14.7 Å². The first-order valence-electron chi connectivity index (χ1n) is 14.9. The van der Waals surface area contributed by atoms with Crippen LogP contribution in [0.1, 0.15) is 90.0 Å². The molecule has 0 atom stereocenters. The molecular formula is C32H44N6O2. The number of nitrogens with one attached hydrogen (secondary N) is 1. The summed E-state index contributed by atoms with van der Waals surface area (Å²) < 4.78 is 5.22. The van der Waals surface area contributed by atoms with Crippen molar-refractivity contribution in [3.05, 3.63) is 54.1 Å². The Morgan fingerprint density at radius 3 is 2.25 bits per heavy atom. The van der Waals surface area contributed by atoms with Crippen molar-refractivity contribution in [2.24, 2.45) is 4.99 Å². The van der Waals surface area contributed by atoms with E-state index in [4.69, 9.17) is 9.73 Å². The first kappa shape index (κ1) is 29.6. The molecule has 0 saturated heterocycles. The predicted molar refractivity (Wildman–Crippen MR) is 160 cm³/mol. The van der Waals surface area contributed by atoms with Crippen molar-refractivity contribution in [3.63, 3.8) is 0 Å². The molecule has 40 heavy (non-hydrogen) atoms. The Labute approximate surface area is 238 Å². The Morgan fingerprint density at radius 1 is 0.925 bits per heavy atom. The van der Waals surface area contributed by atoms with Crippen molar-refractivity contribution < 1.29 is 9.53 Å². The van der Waals surface area contributed by atoms with Crippen LogP contribution in [-0.2, 0) is 16.1 Å². The third kappa shape index (κ3) is 7.22. The highest BCUT2D eigenvalue weighted by molar-refractivity contribution is 6.08. The molecule has 5 rings (SSSR count). The molecule has 1 aliphatic heterocycles. The van der Waals surface area contributed by atoms with Crippen LogP contribution < -0.4 is 0 Å². The van der Waals surface area contributed by atoms with Gasteiger partial charge in [-0.05, 0) is 41.2 Å². The third-order valence-electron chi connectivity index (χ3n) is 7.80. The minimum Gasteiger partial charge on any atom is -0.385 e. The van der Waals surface area contributed by atoms with E-state index in [1.165, 1.54) is 32.1 Å². The lowest BCUT2D eigenvalue weighted by atomic mass is 9.97. The van der Waals surface area contributed by atoms with Crippen LogP contribution in [0.15, 0.2) is 53.5 Å². The molecule has 1 amide bonds. The molecule has 2 aliphatic rings. The number of nitrogens with zero attached hydrogens (tertiary/aromatic N) is 5. The first-order valence-corrected chi connectivity index (χ1v) is 14.9. The monoisotopic (exact) mass is 544 g/mol. The number of aliphatic imine (C=N–C) groups is 1. The Balaban J connectivity index is 0.000000470. The van der Waals surface area contributed by atoms with E-state index in [1.807, 2.05) is 23.1 Å². The number of tetrazole rings is 1. The number of amides is 1. The van der Waals surface area contributed by atoms with Gasteiger partial charge in [0.1, 0.15) is 11.4 Å². The lowest BCUT2D eigenvalue weighted by Gasteiger charge is -2.23. The zero-order chi connectivity index (χ0) is 28.2. The van der Waals surface area contributed by atoms with Gasteiger partial charge in [-0.2, -0.15) is 5.21 Å². The molecule has 2 aromatic carbocycles. The van der Waals surface area contributed by atoms with E-state index in [1.54, 1.807) is 7.11 Å². The van der Waals surface area contributed by atoms with Gasteiger partial charge in [-0.1, -0.05) is 107 Å². The second-order valence-corrected chi connectivity index (χ2v) is 10.8. The quantitative estimate of drug-likeness (QED) is 0.248. The van der Waals surface area contributed by atoms with Crippen molar-refractivity contribution in [1.82, 2.24) is 25.5 Å². The molecule has 0 radical (unpaired) electrons. The molecule has 214 valence electrons. The lowest BCUT2D eigenvalue weighted by Crippen LogP contribution is -2.40. The highest BCUT2D eigenvalue weighted by Crippen LogP contribution is 2.40. The average molecular weight is 545 g/mol. The van der Waals surface area contributed by atoms with Crippen LogP contribution in [-0.4, -0.2) is 56.5 Å². The van der Waals surface area contributed by atoms with Crippen molar-refractivity contribution in [1.29, 1.82) is 0 Å². The highest BCUT2D eigenvalue weighted by atomic mass is 16.5. The molecule has 8 heteroatoms. The zero-order valence-electron chi connectivity index (χ0n) is 24.4. The van der Waals surface area contributed by atoms with Crippen LogP contribution in [0.5, 0.6) is 0 Å². The smallest absolute Gasteiger partial charge is 0.256 e. The summed E-state index contributed by atoms with van der Waals surface area (Å²) in [4.78, 5) is 20.3. The minimum absolute atomic E-state index is 0.166. The number of unbranched alkanes of at least 4 members (excludes halogenated alkanes) is 4. The SMILES string of the molecule is CCCCCCC.COCCCC1=NC2(CCCC2)C(=O)N1Cc1ccc(-c2ccccc2-c2nn[nH]n2)cc1. The second kappa shape index (κ2) is 14.8. The standard InChI is InChI=1S/C25H28N6O2.C7H16/c1-33-16-6-9-22-26-25(14-4-5-15-25)24(32)31(22)17-18-10-12-19(13-11-18)20-7-2-3-8-21(20)23-27-29-30-28-23;1-3-5-7-6-4-2/h2-3,7-8,10-13H,4-6,9,14-17H2,1H3,(H,27,28,29,30);3-7H2,1-2H3. The van der Waals surface area contributed by atoms with Gasteiger partial charge >= 0.3 is 0 Å². The summed E-state index contributed by atoms with van der Waals surface area (Å²) in [6.45, 7) is 5.70. The number of methoxy groups -OCH3 is 1. The van der Waals surface area contributed by atoms with E-state index < -0.39 is 5.54 Å². The van der Waals surface area contributed by atoms with Gasteiger partial charge in [0.05, 0.1) is 6.54 Å². The second-order valence-electron chi connectivity index (χ2n) is 10.8. The normalized spacial score (nSPS) is 15.8. The molecule has 1 aromatic heterocycles. The maximum absolute atomic E-state index is 13.4. The number of amidine groups is 1. The number of carbonyl (C=O) groups excluding carboxylic acids is 1.